The number of benzene rings is 1. The average Bonchev–Trinajstić information content (AvgIpc) is 2.41. The summed E-state index contributed by atoms with van der Waals surface area (Å²) in [5.74, 6) is 0.812. The highest BCUT2D eigenvalue weighted by molar-refractivity contribution is 5.47. The van der Waals surface area contributed by atoms with Gasteiger partial charge in [-0.05, 0) is 42.5 Å². The lowest BCUT2D eigenvalue weighted by Crippen LogP contribution is -1.93. The number of methoxy groups -OCH3 is 1. The van der Waals surface area contributed by atoms with Crippen molar-refractivity contribution >= 4 is 0 Å². The first-order chi connectivity index (χ1) is 6.81. The smallest absolute Gasteiger partial charge is 0.160 e. The van der Waals surface area contributed by atoms with Crippen LogP contribution in [0.1, 0.15) is 17.5 Å². The van der Waals surface area contributed by atoms with Crippen LogP contribution in [0.5, 0.6) is 11.5 Å². The monoisotopic (exact) mass is 190 g/mol. The van der Waals surface area contributed by atoms with E-state index in [1.54, 1.807) is 7.11 Å². The molecule has 0 saturated heterocycles. The van der Waals surface area contributed by atoms with Crippen molar-refractivity contribution in [3.63, 3.8) is 0 Å². The van der Waals surface area contributed by atoms with Crippen molar-refractivity contribution in [2.24, 2.45) is 0 Å². The van der Waals surface area contributed by atoms with E-state index in [1.165, 1.54) is 11.1 Å². The van der Waals surface area contributed by atoms with Crippen molar-refractivity contribution in [1.82, 2.24) is 0 Å². The largest absolute Gasteiger partial charge is 0.504 e. The third-order valence-electron chi connectivity index (χ3n) is 2.59. The van der Waals surface area contributed by atoms with Crippen LogP contribution in [0.4, 0.5) is 0 Å². The number of aryl methyl sites for hydroxylation is 1. The second-order valence-corrected chi connectivity index (χ2v) is 3.51. The zero-order valence-electron chi connectivity index (χ0n) is 8.29. The van der Waals surface area contributed by atoms with Crippen LogP contribution in [0.25, 0.3) is 0 Å². The Balaban J connectivity index is 2.45. The van der Waals surface area contributed by atoms with Crippen LogP contribution in [0.2, 0.25) is 0 Å². The number of phenols is 1. The summed E-state index contributed by atoms with van der Waals surface area (Å²) in [6.45, 7) is 0. The van der Waals surface area contributed by atoms with Crippen LogP contribution >= 0.6 is 0 Å². The molecule has 14 heavy (non-hydrogen) atoms. The lowest BCUT2D eigenvalue weighted by Gasteiger charge is -2.09. The average molecular weight is 190 g/mol. The molecule has 2 nitrogen and oxygen atoms in total. The number of hydrogen-bond donors (Lipinski definition) is 1. The van der Waals surface area contributed by atoms with E-state index in [0.717, 1.165) is 19.3 Å². The molecule has 0 heterocycles. The van der Waals surface area contributed by atoms with Crippen molar-refractivity contribution in [2.45, 2.75) is 19.3 Å². The number of aromatic hydroxyl groups is 1. The summed E-state index contributed by atoms with van der Waals surface area (Å²) in [5, 5.41) is 9.61. The lowest BCUT2D eigenvalue weighted by molar-refractivity contribution is 0.372. The minimum atomic E-state index is 0.244. The molecule has 1 aliphatic carbocycles. The Kier molecular flexibility index (Phi) is 2.44. The van der Waals surface area contributed by atoms with Crippen molar-refractivity contribution in [3.05, 3.63) is 35.4 Å². The van der Waals surface area contributed by atoms with Gasteiger partial charge in [0, 0.05) is 0 Å². The fourth-order valence-electron chi connectivity index (χ4n) is 1.81. The van der Waals surface area contributed by atoms with E-state index in [1.807, 2.05) is 12.1 Å². The van der Waals surface area contributed by atoms with Gasteiger partial charge in [0.2, 0.25) is 0 Å². The Labute approximate surface area is 83.8 Å². The first kappa shape index (κ1) is 9.13. The van der Waals surface area contributed by atoms with Gasteiger partial charge in [-0.1, -0.05) is 12.2 Å². The molecule has 0 radical (unpaired) electrons. The maximum absolute atomic E-state index is 9.61. The maximum atomic E-state index is 9.61. The molecule has 0 aliphatic heterocycles. The Morgan fingerprint density at radius 3 is 2.86 bits per heavy atom. The number of phenolic OH excluding ortho intramolecular Hbond substituents is 1. The molecule has 0 bridgehead atoms. The molecule has 74 valence electrons. The molecule has 0 fully saturated rings. The van der Waals surface area contributed by atoms with Crippen molar-refractivity contribution in [2.75, 3.05) is 7.11 Å². The van der Waals surface area contributed by atoms with Gasteiger partial charge in [0.15, 0.2) is 11.5 Å². The second-order valence-electron chi connectivity index (χ2n) is 3.51. The third kappa shape index (κ3) is 1.60. The van der Waals surface area contributed by atoms with Gasteiger partial charge in [0.1, 0.15) is 0 Å². The summed E-state index contributed by atoms with van der Waals surface area (Å²) < 4.78 is 5.08. The fraction of sp³-hybridized carbons (Fsp3) is 0.333. The van der Waals surface area contributed by atoms with Gasteiger partial charge in [-0.2, -0.15) is 0 Å². The zero-order valence-corrected chi connectivity index (χ0v) is 8.29. The highest BCUT2D eigenvalue weighted by atomic mass is 16.5. The molecule has 0 unspecified atom stereocenters. The van der Waals surface area contributed by atoms with Crippen LogP contribution < -0.4 is 4.74 Å². The van der Waals surface area contributed by atoms with Gasteiger partial charge >= 0.3 is 0 Å². The molecule has 0 saturated carbocycles. The minimum Gasteiger partial charge on any atom is -0.504 e. The van der Waals surface area contributed by atoms with Crippen molar-refractivity contribution in [3.8, 4) is 11.5 Å². The molecule has 0 atom stereocenters. The summed E-state index contributed by atoms with van der Waals surface area (Å²) in [7, 11) is 1.58. The molecular weight excluding hydrogens is 176 g/mol. The van der Waals surface area contributed by atoms with Crippen molar-refractivity contribution in [1.29, 1.82) is 0 Å². The minimum absolute atomic E-state index is 0.244. The summed E-state index contributed by atoms with van der Waals surface area (Å²) in [4.78, 5) is 0. The number of ether oxygens (including phenoxy) is 1. The molecular formula is C12H14O2. The first-order valence-electron chi connectivity index (χ1n) is 4.85. The van der Waals surface area contributed by atoms with E-state index in [9.17, 15) is 5.11 Å². The Morgan fingerprint density at radius 1 is 1.21 bits per heavy atom. The van der Waals surface area contributed by atoms with Gasteiger partial charge < -0.3 is 9.84 Å². The van der Waals surface area contributed by atoms with E-state index in [0.29, 0.717) is 5.75 Å². The molecule has 1 aromatic rings. The van der Waals surface area contributed by atoms with Crippen LogP contribution in [0.15, 0.2) is 24.3 Å². The van der Waals surface area contributed by atoms with E-state index in [-0.39, 0.29) is 5.75 Å². The molecule has 0 aromatic heterocycles. The predicted molar refractivity (Wildman–Crippen MR) is 55.8 cm³/mol. The van der Waals surface area contributed by atoms with Gasteiger partial charge in [0.25, 0.3) is 0 Å². The van der Waals surface area contributed by atoms with Gasteiger partial charge in [-0.3, -0.25) is 0 Å². The molecule has 1 N–H and O–H groups in total. The summed E-state index contributed by atoms with van der Waals surface area (Å²) in [6.07, 6.45) is 7.35. The van der Waals surface area contributed by atoms with Crippen LogP contribution in [0, 0.1) is 0 Å². The highest BCUT2D eigenvalue weighted by Gasteiger charge is 2.09. The number of fused-ring (bicyclic) bond motifs is 1. The Bertz CT molecular complexity index is 367. The molecule has 2 rings (SSSR count). The summed E-state index contributed by atoms with van der Waals surface area (Å²) in [6, 6.07) is 3.75. The molecule has 0 amide bonds. The van der Waals surface area contributed by atoms with E-state index >= 15 is 0 Å². The van der Waals surface area contributed by atoms with Gasteiger partial charge in [0.05, 0.1) is 7.11 Å². The van der Waals surface area contributed by atoms with Gasteiger partial charge in [-0.15, -0.1) is 0 Å². The SMILES string of the molecule is COc1cc2c(cc1O)CCC=CC2. The second kappa shape index (κ2) is 3.74. The fourth-order valence-corrected chi connectivity index (χ4v) is 1.81. The van der Waals surface area contributed by atoms with Crippen LogP contribution in [-0.2, 0) is 12.8 Å². The molecule has 1 aromatic carbocycles. The molecule has 1 aliphatic rings. The van der Waals surface area contributed by atoms with E-state index in [4.69, 9.17) is 4.74 Å². The number of rotatable bonds is 1. The summed E-state index contributed by atoms with van der Waals surface area (Å²) in [5.41, 5.74) is 2.49. The van der Waals surface area contributed by atoms with Crippen LogP contribution in [0.3, 0.4) is 0 Å². The summed E-state index contributed by atoms with van der Waals surface area (Å²) >= 11 is 0. The standard InChI is InChI=1S/C12H14O2/c1-14-12-8-10-6-4-2-3-5-9(10)7-11(12)13/h2,4,7-8,13H,3,5-6H2,1H3. The topological polar surface area (TPSA) is 29.5 Å². The van der Waals surface area contributed by atoms with E-state index in [2.05, 4.69) is 12.2 Å². The quantitative estimate of drug-likeness (QED) is 0.689. The lowest BCUT2D eigenvalue weighted by atomic mass is 10.0. The normalized spacial score (nSPS) is 14.6. The van der Waals surface area contributed by atoms with Crippen molar-refractivity contribution < 1.29 is 9.84 Å². The Hall–Kier alpha value is -1.44. The third-order valence-corrected chi connectivity index (χ3v) is 2.59. The predicted octanol–water partition coefficient (Wildman–Crippen LogP) is 2.45. The van der Waals surface area contributed by atoms with E-state index < -0.39 is 0 Å². The van der Waals surface area contributed by atoms with Crippen LogP contribution in [-0.4, -0.2) is 12.2 Å². The maximum Gasteiger partial charge on any atom is 0.160 e. The number of allylic oxidation sites excluding steroid dienone is 2. The Morgan fingerprint density at radius 2 is 2.07 bits per heavy atom. The zero-order chi connectivity index (χ0) is 9.97. The highest BCUT2D eigenvalue weighted by Crippen LogP contribution is 2.31. The molecule has 2 heteroatoms. The first-order valence-corrected chi connectivity index (χ1v) is 4.85. The number of hydrogen-bond acceptors (Lipinski definition) is 2. The molecule has 0 spiro atoms. The van der Waals surface area contributed by atoms with Gasteiger partial charge in [-0.25, -0.2) is 0 Å².